The highest BCUT2D eigenvalue weighted by atomic mass is 19.1. The van der Waals surface area contributed by atoms with E-state index in [1.165, 1.54) is 24.3 Å². The molecule has 2 heterocycles. The van der Waals surface area contributed by atoms with E-state index in [4.69, 9.17) is 0 Å². The highest BCUT2D eigenvalue weighted by Gasteiger charge is 2.29. The van der Waals surface area contributed by atoms with Crippen LogP contribution in [-0.2, 0) is 11.3 Å². The van der Waals surface area contributed by atoms with E-state index in [1.807, 2.05) is 30.5 Å². The number of benzene rings is 2. The Labute approximate surface area is 213 Å². The number of hydrogen-bond acceptors (Lipinski definition) is 4. The van der Waals surface area contributed by atoms with Crippen LogP contribution in [0, 0.1) is 11.7 Å². The van der Waals surface area contributed by atoms with E-state index in [1.54, 1.807) is 12.7 Å². The number of hydrogen-bond donors (Lipinski definition) is 2. The van der Waals surface area contributed by atoms with Crippen molar-refractivity contribution in [3.05, 3.63) is 77.7 Å². The summed E-state index contributed by atoms with van der Waals surface area (Å²) in [5.41, 5.74) is 3.61. The predicted octanol–water partition coefficient (Wildman–Crippen LogP) is 3.75. The van der Waals surface area contributed by atoms with Gasteiger partial charge in [-0.25, -0.2) is 4.39 Å². The maximum atomic E-state index is 13.4. The van der Waals surface area contributed by atoms with Gasteiger partial charge in [0.2, 0.25) is 11.5 Å². The number of rotatable bonds is 6. The molecule has 37 heavy (non-hydrogen) atoms. The van der Waals surface area contributed by atoms with Gasteiger partial charge in [0, 0.05) is 23.6 Å². The zero-order valence-corrected chi connectivity index (χ0v) is 20.9. The molecule has 2 aromatic heterocycles. The largest absolute Gasteiger partial charge is 0.354 e. The van der Waals surface area contributed by atoms with Crippen LogP contribution in [0.15, 0.2) is 60.1 Å². The van der Waals surface area contributed by atoms with Gasteiger partial charge >= 0.3 is 0 Å². The van der Waals surface area contributed by atoms with Crippen molar-refractivity contribution >= 4 is 22.8 Å². The average molecular weight is 504 g/mol. The number of aromatic amines is 1. The second-order valence-corrected chi connectivity index (χ2v) is 9.90. The summed E-state index contributed by atoms with van der Waals surface area (Å²) in [6.45, 7) is 4.54. The van der Waals surface area contributed by atoms with Gasteiger partial charge in [-0.3, -0.25) is 9.59 Å². The molecular formula is C27H30FN7O2. The van der Waals surface area contributed by atoms with Gasteiger partial charge in [-0.1, -0.05) is 6.07 Å². The highest BCUT2D eigenvalue weighted by molar-refractivity contribution is 5.95. The Morgan fingerprint density at radius 3 is 2.46 bits per heavy atom. The number of carbonyl (C=O) groups excluding carboxylic acids is 2. The standard InChI is InChI=1S/C27H30FN7O2/c1-17(2)31-25(36)20-6-10-22(11-7-20)35-24-13-18(14-34-15-29-30-16-34)3-12-23(24)32-27(35)33-26(37)19-4-8-21(28)9-5-19/h3-5,8-9,12-13,15-17,20,22H,6-7,10-11,14H2,1-2H3,(H,31,36)(H,32,33,37)/t20-,22+. The number of aromatic nitrogens is 5. The van der Waals surface area contributed by atoms with E-state index < -0.39 is 11.7 Å². The third-order valence-electron chi connectivity index (χ3n) is 6.79. The zero-order valence-electron chi connectivity index (χ0n) is 20.9. The van der Waals surface area contributed by atoms with E-state index >= 15 is 0 Å². The van der Waals surface area contributed by atoms with Crippen molar-refractivity contribution in [3.63, 3.8) is 0 Å². The molecular weight excluding hydrogens is 473 g/mol. The Morgan fingerprint density at radius 1 is 1.08 bits per heavy atom. The fourth-order valence-corrected chi connectivity index (χ4v) is 4.99. The van der Waals surface area contributed by atoms with Gasteiger partial charge in [-0.2, -0.15) is 4.99 Å². The average Bonchev–Trinajstić information content (AvgIpc) is 3.51. The first kappa shape index (κ1) is 24.6. The topological polar surface area (TPSA) is 110 Å². The lowest BCUT2D eigenvalue weighted by atomic mass is 9.85. The zero-order chi connectivity index (χ0) is 25.9. The van der Waals surface area contributed by atoms with E-state index in [2.05, 4.69) is 36.1 Å². The fourth-order valence-electron chi connectivity index (χ4n) is 4.99. The van der Waals surface area contributed by atoms with Crippen LogP contribution in [0.2, 0.25) is 0 Å². The van der Waals surface area contributed by atoms with Crippen LogP contribution in [0.4, 0.5) is 4.39 Å². The molecule has 2 N–H and O–H groups in total. The monoisotopic (exact) mass is 503 g/mol. The minimum absolute atomic E-state index is 0.0185. The Balaban J connectivity index is 1.51. The van der Waals surface area contributed by atoms with Crippen molar-refractivity contribution in [2.75, 3.05) is 0 Å². The molecule has 10 heteroatoms. The molecule has 192 valence electrons. The van der Waals surface area contributed by atoms with Gasteiger partial charge in [-0.15, -0.1) is 10.2 Å². The molecule has 4 aromatic rings. The summed E-state index contributed by atoms with van der Waals surface area (Å²) in [5, 5.41) is 10.8. The number of amides is 2. The third-order valence-corrected chi connectivity index (χ3v) is 6.79. The summed E-state index contributed by atoms with van der Waals surface area (Å²) in [6.07, 6.45) is 6.43. The number of nitrogens with zero attached hydrogens (tertiary/aromatic N) is 5. The molecule has 0 atom stereocenters. The number of nitrogens with one attached hydrogen (secondary N) is 2. The Hall–Kier alpha value is -4.08. The molecule has 1 fully saturated rings. The molecule has 9 nitrogen and oxygen atoms in total. The summed E-state index contributed by atoms with van der Waals surface area (Å²) in [4.78, 5) is 33.3. The second kappa shape index (κ2) is 10.5. The summed E-state index contributed by atoms with van der Waals surface area (Å²) < 4.78 is 17.3. The van der Waals surface area contributed by atoms with Crippen LogP contribution >= 0.6 is 0 Å². The first-order valence-electron chi connectivity index (χ1n) is 12.6. The van der Waals surface area contributed by atoms with Gasteiger partial charge in [0.25, 0.3) is 5.91 Å². The maximum absolute atomic E-state index is 13.4. The molecule has 0 bridgehead atoms. The summed E-state index contributed by atoms with van der Waals surface area (Å²) in [7, 11) is 0. The van der Waals surface area contributed by atoms with Gasteiger partial charge in [0.15, 0.2) is 0 Å². The minimum atomic E-state index is -0.449. The normalized spacial score (nSPS) is 18.4. The van der Waals surface area contributed by atoms with E-state index in [-0.39, 0.29) is 23.9 Å². The van der Waals surface area contributed by atoms with Crippen molar-refractivity contribution in [1.29, 1.82) is 0 Å². The fraction of sp³-hybridized carbons (Fsp3) is 0.370. The Kier molecular flexibility index (Phi) is 6.98. The second-order valence-electron chi connectivity index (χ2n) is 9.90. The molecule has 0 unspecified atom stereocenters. The smallest absolute Gasteiger partial charge is 0.280 e. The first-order valence-corrected chi connectivity index (χ1v) is 12.6. The maximum Gasteiger partial charge on any atom is 0.280 e. The first-order chi connectivity index (χ1) is 17.9. The lowest BCUT2D eigenvalue weighted by Crippen LogP contribution is -2.38. The molecule has 1 saturated carbocycles. The molecule has 0 saturated heterocycles. The van der Waals surface area contributed by atoms with Crippen molar-refractivity contribution in [1.82, 2.24) is 29.6 Å². The van der Waals surface area contributed by atoms with Crippen molar-refractivity contribution in [2.45, 2.75) is 58.2 Å². The lowest BCUT2D eigenvalue weighted by molar-refractivity contribution is -0.126. The lowest BCUT2D eigenvalue weighted by Gasteiger charge is -2.29. The Morgan fingerprint density at radius 2 is 1.78 bits per heavy atom. The third kappa shape index (κ3) is 5.52. The van der Waals surface area contributed by atoms with Crippen molar-refractivity contribution in [3.8, 4) is 0 Å². The highest BCUT2D eigenvalue weighted by Crippen LogP contribution is 2.33. The van der Waals surface area contributed by atoms with Crippen LogP contribution < -0.4 is 10.9 Å². The molecule has 0 spiro atoms. The van der Waals surface area contributed by atoms with Gasteiger partial charge in [0.1, 0.15) is 18.5 Å². The number of halogens is 1. The quantitative estimate of drug-likeness (QED) is 0.418. The predicted molar refractivity (Wildman–Crippen MR) is 136 cm³/mol. The summed E-state index contributed by atoms with van der Waals surface area (Å²) in [5.74, 6) is -0.772. The molecule has 2 amide bonds. The molecule has 5 rings (SSSR count). The number of H-pyrrole nitrogens is 1. The number of imidazole rings is 1. The summed E-state index contributed by atoms with van der Waals surface area (Å²) in [6, 6.07) is 11.6. The van der Waals surface area contributed by atoms with E-state index in [9.17, 15) is 14.0 Å². The van der Waals surface area contributed by atoms with Crippen molar-refractivity contribution < 1.29 is 14.0 Å². The summed E-state index contributed by atoms with van der Waals surface area (Å²) >= 11 is 0. The van der Waals surface area contributed by atoms with Crippen LogP contribution in [0.1, 0.15) is 61.5 Å². The molecule has 2 aromatic carbocycles. The number of fused-ring (bicyclic) bond motifs is 1. The molecule has 1 aliphatic carbocycles. The SMILES string of the molecule is CC(C)NC(=O)[C@H]1CC[C@@H](n2/c(=N/C(=O)c3ccc(F)cc3)[nH]c3ccc(Cn4cnnc4)cc32)CC1. The molecule has 0 aliphatic heterocycles. The van der Waals surface area contributed by atoms with Gasteiger partial charge in [-0.05, 0) is 81.5 Å². The molecule has 1 aliphatic rings. The van der Waals surface area contributed by atoms with Crippen LogP contribution in [0.3, 0.4) is 0 Å². The van der Waals surface area contributed by atoms with Crippen LogP contribution in [0.5, 0.6) is 0 Å². The van der Waals surface area contributed by atoms with Crippen molar-refractivity contribution in [2.24, 2.45) is 10.9 Å². The minimum Gasteiger partial charge on any atom is -0.354 e. The Bertz CT molecular complexity index is 1460. The van der Waals surface area contributed by atoms with Gasteiger partial charge in [0.05, 0.1) is 17.6 Å². The van der Waals surface area contributed by atoms with E-state index in [0.717, 1.165) is 42.3 Å². The number of carbonyl (C=O) groups is 2. The van der Waals surface area contributed by atoms with Crippen LogP contribution in [0.25, 0.3) is 11.0 Å². The van der Waals surface area contributed by atoms with Crippen LogP contribution in [-0.4, -0.2) is 42.2 Å². The van der Waals surface area contributed by atoms with E-state index in [0.29, 0.717) is 17.7 Å². The molecule has 0 radical (unpaired) electrons. The van der Waals surface area contributed by atoms with Gasteiger partial charge < -0.3 is 19.4 Å².